The van der Waals surface area contributed by atoms with E-state index >= 15 is 0 Å². The van der Waals surface area contributed by atoms with Crippen LogP contribution in [-0.4, -0.2) is 50.8 Å². The Morgan fingerprint density at radius 2 is 1.97 bits per heavy atom. The van der Waals surface area contributed by atoms with Gasteiger partial charge in [0.2, 0.25) is 0 Å². The molecular formula is C22H20F2N8O3. The van der Waals surface area contributed by atoms with Crippen LogP contribution in [0.25, 0.3) is 11.1 Å². The second kappa shape index (κ2) is 9.85. The van der Waals surface area contributed by atoms with Crippen molar-refractivity contribution in [2.24, 2.45) is 0 Å². The van der Waals surface area contributed by atoms with E-state index in [4.69, 9.17) is 9.26 Å². The third-order valence-electron chi connectivity index (χ3n) is 5.39. The number of hydrogen-bond acceptors (Lipinski definition) is 9. The van der Waals surface area contributed by atoms with Crippen LogP contribution in [0, 0.1) is 11.6 Å². The van der Waals surface area contributed by atoms with Crippen molar-refractivity contribution in [1.82, 2.24) is 30.9 Å². The average molecular weight is 482 g/mol. The van der Waals surface area contributed by atoms with Crippen molar-refractivity contribution in [3.05, 3.63) is 72.0 Å². The van der Waals surface area contributed by atoms with Gasteiger partial charge in [-0.1, -0.05) is 11.2 Å². The summed E-state index contributed by atoms with van der Waals surface area (Å²) in [5.74, 6) is -1.73. The number of ether oxygens (including phenoxy) is 1. The van der Waals surface area contributed by atoms with Crippen molar-refractivity contribution in [2.75, 3.05) is 23.3 Å². The Morgan fingerprint density at radius 1 is 1.09 bits per heavy atom. The molecule has 4 heterocycles. The molecule has 0 saturated carbocycles. The third kappa shape index (κ3) is 4.94. The van der Waals surface area contributed by atoms with Gasteiger partial charge in [0.25, 0.3) is 0 Å². The van der Waals surface area contributed by atoms with E-state index in [0.29, 0.717) is 24.5 Å². The van der Waals surface area contributed by atoms with Crippen molar-refractivity contribution in [1.29, 1.82) is 0 Å². The lowest BCUT2D eigenvalue weighted by Crippen LogP contribution is -2.28. The number of amides is 1. The van der Waals surface area contributed by atoms with E-state index in [2.05, 4.69) is 36.2 Å². The van der Waals surface area contributed by atoms with Crippen LogP contribution in [0.15, 0.2) is 53.5 Å². The van der Waals surface area contributed by atoms with Gasteiger partial charge in [0.15, 0.2) is 17.5 Å². The van der Waals surface area contributed by atoms with Crippen LogP contribution in [-0.2, 0) is 17.8 Å². The first-order valence-electron chi connectivity index (χ1n) is 10.7. The highest BCUT2D eigenvalue weighted by Crippen LogP contribution is 2.32. The number of nitrogens with zero attached hydrogens (tertiary/aromatic N) is 5. The standard InChI is InChI=1S/C22H20F2N8O3/c23-20-17(13-1-2-14(26-7-13)8-25-9-15-10-28-31-29-15)3-4-18(21(20)24)32-12-16(35-22(32)33)11-27-19-5-6-34-30-19/h1-7,10,16,25H,8-9,11-12H2,(H,27,30)(H,28,29,31). The maximum Gasteiger partial charge on any atom is 0.414 e. The molecule has 5 rings (SSSR count). The van der Waals surface area contributed by atoms with Gasteiger partial charge in [-0.15, -0.1) is 0 Å². The largest absolute Gasteiger partial charge is 0.442 e. The number of nitrogens with one attached hydrogen (secondary N) is 3. The van der Waals surface area contributed by atoms with E-state index in [1.54, 1.807) is 24.4 Å². The molecule has 3 N–H and O–H groups in total. The zero-order valence-corrected chi connectivity index (χ0v) is 18.2. The number of carbonyl (C=O) groups excluding carboxylic acids is 1. The van der Waals surface area contributed by atoms with Gasteiger partial charge in [0, 0.05) is 36.5 Å². The fourth-order valence-corrected chi connectivity index (χ4v) is 3.63. The number of rotatable bonds is 9. The number of halogens is 2. The highest BCUT2D eigenvalue weighted by Gasteiger charge is 2.35. The van der Waals surface area contributed by atoms with Crippen LogP contribution in [0.4, 0.5) is 25.1 Å². The summed E-state index contributed by atoms with van der Waals surface area (Å²) in [6, 6.07) is 7.77. The minimum Gasteiger partial charge on any atom is -0.442 e. The topological polar surface area (TPSA) is 134 Å². The normalized spacial score (nSPS) is 15.4. The highest BCUT2D eigenvalue weighted by molar-refractivity contribution is 5.90. The molecule has 1 atom stereocenters. The molecule has 1 unspecified atom stereocenters. The molecule has 1 aliphatic heterocycles. The lowest BCUT2D eigenvalue weighted by Gasteiger charge is -2.16. The third-order valence-corrected chi connectivity index (χ3v) is 5.39. The van der Waals surface area contributed by atoms with Crippen LogP contribution in [0.3, 0.4) is 0 Å². The van der Waals surface area contributed by atoms with Gasteiger partial charge >= 0.3 is 6.09 Å². The van der Waals surface area contributed by atoms with E-state index in [1.165, 1.54) is 24.6 Å². The van der Waals surface area contributed by atoms with Crippen LogP contribution in [0.2, 0.25) is 0 Å². The van der Waals surface area contributed by atoms with Gasteiger partial charge in [-0.3, -0.25) is 9.88 Å². The van der Waals surface area contributed by atoms with Gasteiger partial charge in [0.1, 0.15) is 12.4 Å². The van der Waals surface area contributed by atoms with Crippen LogP contribution >= 0.6 is 0 Å². The summed E-state index contributed by atoms with van der Waals surface area (Å²) < 4.78 is 39.9. The van der Waals surface area contributed by atoms with Gasteiger partial charge in [-0.25, -0.2) is 13.6 Å². The van der Waals surface area contributed by atoms with Gasteiger partial charge < -0.3 is 19.9 Å². The molecular weight excluding hydrogens is 462 g/mol. The Bertz CT molecular complexity index is 1280. The quantitative estimate of drug-likeness (QED) is 0.329. The molecule has 0 bridgehead atoms. The second-order valence-electron chi connectivity index (χ2n) is 7.75. The molecule has 1 fully saturated rings. The average Bonchev–Trinajstić information content (AvgIpc) is 3.63. The van der Waals surface area contributed by atoms with E-state index in [0.717, 1.165) is 16.3 Å². The van der Waals surface area contributed by atoms with Crippen molar-refractivity contribution in [3.8, 4) is 11.1 Å². The molecule has 1 amide bonds. The van der Waals surface area contributed by atoms with E-state index < -0.39 is 23.8 Å². The number of hydrogen-bond donors (Lipinski definition) is 3. The molecule has 0 aliphatic carbocycles. The Morgan fingerprint density at radius 3 is 2.71 bits per heavy atom. The van der Waals surface area contributed by atoms with Gasteiger partial charge in [0.05, 0.1) is 36.4 Å². The van der Waals surface area contributed by atoms with Gasteiger partial charge in [-0.05, 0) is 18.2 Å². The Labute approximate surface area is 197 Å². The first-order valence-corrected chi connectivity index (χ1v) is 10.7. The molecule has 11 nitrogen and oxygen atoms in total. The molecule has 35 heavy (non-hydrogen) atoms. The minimum atomic E-state index is -1.14. The van der Waals surface area contributed by atoms with Crippen molar-refractivity contribution < 1.29 is 22.8 Å². The van der Waals surface area contributed by atoms with Gasteiger partial charge in [-0.2, -0.15) is 15.4 Å². The molecule has 1 aliphatic rings. The van der Waals surface area contributed by atoms with E-state index in [1.807, 2.05) is 0 Å². The van der Waals surface area contributed by atoms with E-state index in [9.17, 15) is 13.6 Å². The molecule has 1 aromatic carbocycles. The number of benzene rings is 1. The number of pyridine rings is 1. The molecule has 1 saturated heterocycles. The summed E-state index contributed by atoms with van der Waals surface area (Å²) >= 11 is 0. The van der Waals surface area contributed by atoms with Crippen LogP contribution < -0.4 is 15.5 Å². The van der Waals surface area contributed by atoms with Crippen molar-refractivity contribution >= 4 is 17.6 Å². The number of cyclic esters (lactones) is 1. The van der Waals surface area contributed by atoms with Crippen LogP contribution in [0.1, 0.15) is 11.4 Å². The summed E-state index contributed by atoms with van der Waals surface area (Å²) in [7, 11) is 0. The number of anilines is 2. The first-order chi connectivity index (χ1) is 17.1. The fourth-order valence-electron chi connectivity index (χ4n) is 3.63. The van der Waals surface area contributed by atoms with E-state index in [-0.39, 0.29) is 24.3 Å². The SMILES string of the molecule is O=C1OC(CNc2ccon2)CN1c1ccc(-c2ccc(CNCc3cn[nH]n3)nc2)c(F)c1F. The first kappa shape index (κ1) is 22.4. The summed E-state index contributed by atoms with van der Waals surface area (Å²) in [5.41, 5.74) is 1.74. The smallest absolute Gasteiger partial charge is 0.414 e. The zero-order valence-electron chi connectivity index (χ0n) is 18.2. The highest BCUT2D eigenvalue weighted by atomic mass is 19.2. The molecule has 180 valence electrons. The summed E-state index contributed by atoms with van der Waals surface area (Å²) in [6.07, 6.45) is 3.15. The number of aromatic amines is 1. The van der Waals surface area contributed by atoms with Crippen molar-refractivity contribution in [3.63, 3.8) is 0 Å². The summed E-state index contributed by atoms with van der Waals surface area (Å²) in [5, 5.41) is 20.0. The number of aromatic nitrogens is 5. The Kier molecular flexibility index (Phi) is 6.30. The minimum absolute atomic E-state index is 0.0395. The number of H-pyrrole nitrogens is 1. The molecule has 4 aromatic rings. The second-order valence-corrected chi connectivity index (χ2v) is 7.75. The summed E-state index contributed by atoms with van der Waals surface area (Å²) in [4.78, 5) is 17.7. The van der Waals surface area contributed by atoms with Crippen LogP contribution in [0.5, 0.6) is 0 Å². The molecule has 3 aromatic heterocycles. The number of carbonyl (C=O) groups is 1. The summed E-state index contributed by atoms with van der Waals surface area (Å²) in [6.45, 7) is 1.27. The van der Waals surface area contributed by atoms with Crippen molar-refractivity contribution in [2.45, 2.75) is 19.2 Å². The molecule has 0 radical (unpaired) electrons. The fraction of sp³-hybridized carbons (Fsp3) is 0.227. The Hall–Kier alpha value is -4.39. The Balaban J connectivity index is 1.24. The molecule has 0 spiro atoms. The predicted octanol–water partition coefficient (Wildman–Crippen LogP) is 2.86. The zero-order chi connectivity index (χ0) is 24.2. The predicted molar refractivity (Wildman–Crippen MR) is 119 cm³/mol. The maximum absolute atomic E-state index is 15.0. The lowest BCUT2D eigenvalue weighted by molar-refractivity contribution is 0.147. The monoisotopic (exact) mass is 482 g/mol. The molecule has 13 heteroatoms. The lowest BCUT2D eigenvalue weighted by atomic mass is 10.1. The maximum atomic E-state index is 15.0.